The Bertz CT molecular complexity index is 1300. The molecule has 13 heteroatoms. The molecule has 166 valence electrons. The summed E-state index contributed by atoms with van der Waals surface area (Å²) in [5, 5.41) is -0.550. The van der Waals surface area contributed by atoms with Crippen molar-refractivity contribution < 1.29 is 13.2 Å². The number of rotatable bonds is 3. The summed E-state index contributed by atoms with van der Waals surface area (Å²) in [4.78, 5) is 26.7. The lowest BCUT2D eigenvalue weighted by Crippen LogP contribution is -2.46. The van der Waals surface area contributed by atoms with E-state index in [1.165, 1.54) is 0 Å². The molecule has 0 aliphatic carbocycles. The smallest absolute Gasteiger partial charge is 0.366 e. The van der Waals surface area contributed by atoms with E-state index in [1.807, 2.05) is 0 Å². The van der Waals surface area contributed by atoms with E-state index < -0.39 is 28.7 Å². The standard InChI is InChI=1S/C18H16ClF3N6O2.ClH/c19-14-15-10(6-12(22)16(14)26-4-3-9(23)7-26)17(29)27(24)18(30)28(15)25-13-2-1-8(20)5-11(13)21;/h1-2,5-6,9,25H,3-4,7,23-24H2;1H. The van der Waals surface area contributed by atoms with Gasteiger partial charge in [0.15, 0.2) is 5.82 Å². The number of nitrogens with two attached hydrogens (primary N) is 2. The zero-order chi connectivity index (χ0) is 21.7. The Balaban J connectivity index is 0.00000272. The minimum absolute atomic E-state index is 0. The van der Waals surface area contributed by atoms with Crippen LogP contribution in [0.4, 0.5) is 24.5 Å². The molecule has 2 aromatic carbocycles. The predicted octanol–water partition coefficient (Wildman–Crippen LogP) is 1.78. The number of halogens is 5. The molecule has 0 bridgehead atoms. The number of anilines is 2. The molecule has 0 radical (unpaired) electrons. The number of nitrogens with zero attached hydrogens (tertiary/aromatic N) is 3. The normalized spacial score (nSPS) is 15.9. The molecule has 4 rings (SSSR count). The van der Waals surface area contributed by atoms with Crippen LogP contribution in [0.5, 0.6) is 0 Å². The summed E-state index contributed by atoms with van der Waals surface area (Å²) in [5.41, 5.74) is 5.72. The van der Waals surface area contributed by atoms with E-state index >= 15 is 0 Å². The molecule has 1 unspecified atom stereocenters. The van der Waals surface area contributed by atoms with Gasteiger partial charge in [-0.2, -0.15) is 4.68 Å². The minimum Gasteiger partial charge on any atom is -0.366 e. The Morgan fingerprint density at radius 2 is 1.84 bits per heavy atom. The summed E-state index contributed by atoms with van der Waals surface area (Å²) in [7, 11) is 0. The van der Waals surface area contributed by atoms with Gasteiger partial charge in [-0.3, -0.25) is 10.2 Å². The molecular formula is C18H17Cl2F3N6O2. The van der Waals surface area contributed by atoms with Crippen molar-refractivity contribution >= 4 is 46.3 Å². The average molecular weight is 477 g/mol. The Morgan fingerprint density at radius 3 is 2.45 bits per heavy atom. The number of nitrogen functional groups attached to an aromatic ring is 1. The second-order valence-electron chi connectivity index (χ2n) is 6.94. The maximum Gasteiger partial charge on any atom is 0.369 e. The first-order valence-electron chi connectivity index (χ1n) is 8.86. The van der Waals surface area contributed by atoms with Crippen LogP contribution in [-0.2, 0) is 0 Å². The maximum absolute atomic E-state index is 14.9. The fourth-order valence-corrected chi connectivity index (χ4v) is 3.88. The first-order chi connectivity index (χ1) is 14.2. The van der Waals surface area contributed by atoms with Gasteiger partial charge in [-0.05, 0) is 24.6 Å². The number of hydrogen-bond donors (Lipinski definition) is 3. The summed E-state index contributed by atoms with van der Waals surface area (Å²) >= 11 is 6.44. The summed E-state index contributed by atoms with van der Waals surface area (Å²) in [5.74, 6) is 2.90. The zero-order valence-corrected chi connectivity index (χ0v) is 17.3. The molecule has 3 aromatic rings. The third-order valence-corrected chi connectivity index (χ3v) is 5.30. The third kappa shape index (κ3) is 3.80. The fourth-order valence-electron chi connectivity index (χ4n) is 3.48. The molecule has 1 aliphatic rings. The van der Waals surface area contributed by atoms with E-state index in [0.29, 0.717) is 30.3 Å². The van der Waals surface area contributed by atoms with Gasteiger partial charge in [-0.1, -0.05) is 11.6 Å². The molecule has 1 aliphatic heterocycles. The maximum atomic E-state index is 14.9. The summed E-state index contributed by atoms with van der Waals surface area (Å²) in [6, 6.07) is 3.33. The van der Waals surface area contributed by atoms with Crippen LogP contribution in [0, 0.1) is 17.5 Å². The molecule has 2 heterocycles. The minimum atomic E-state index is -1.09. The zero-order valence-electron chi connectivity index (χ0n) is 15.7. The van der Waals surface area contributed by atoms with Crippen LogP contribution < -0.4 is 33.2 Å². The van der Waals surface area contributed by atoms with Crippen molar-refractivity contribution in [1.82, 2.24) is 9.35 Å². The van der Waals surface area contributed by atoms with Gasteiger partial charge in [0.2, 0.25) is 0 Å². The van der Waals surface area contributed by atoms with Gasteiger partial charge in [0, 0.05) is 25.2 Å². The van der Waals surface area contributed by atoms with Crippen molar-refractivity contribution in [2.45, 2.75) is 12.5 Å². The van der Waals surface area contributed by atoms with Gasteiger partial charge in [-0.15, -0.1) is 12.4 Å². The Hall–Kier alpha value is -2.89. The van der Waals surface area contributed by atoms with E-state index in [-0.39, 0.29) is 50.4 Å². The van der Waals surface area contributed by atoms with Crippen LogP contribution in [0.1, 0.15) is 6.42 Å². The lowest BCUT2D eigenvalue weighted by Gasteiger charge is -2.23. The third-order valence-electron chi connectivity index (χ3n) is 4.94. The molecule has 1 saturated heterocycles. The topological polar surface area (TPSA) is 111 Å². The van der Waals surface area contributed by atoms with Gasteiger partial charge < -0.3 is 16.5 Å². The number of aromatic nitrogens is 2. The van der Waals surface area contributed by atoms with Crippen LogP contribution in [0.15, 0.2) is 33.9 Å². The van der Waals surface area contributed by atoms with E-state index in [4.69, 9.17) is 23.2 Å². The van der Waals surface area contributed by atoms with E-state index in [2.05, 4.69) is 5.43 Å². The highest BCUT2D eigenvalue weighted by Gasteiger charge is 2.28. The van der Waals surface area contributed by atoms with Gasteiger partial charge in [0.05, 0.1) is 21.8 Å². The number of hydrogen-bond acceptors (Lipinski definition) is 6. The Kier molecular flexibility index (Phi) is 6.12. The molecular weight excluding hydrogens is 460 g/mol. The first-order valence-corrected chi connectivity index (χ1v) is 9.24. The lowest BCUT2D eigenvalue weighted by atomic mass is 10.2. The number of fused-ring (bicyclic) bond motifs is 1. The van der Waals surface area contributed by atoms with Crippen molar-refractivity contribution in [2.24, 2.45) is 5.73 Å². The van der Waals surface area contributed by atoms with Crippen LogP contribution in [-0.4, -0.2) is 28.5 Å². The van der Waals surface area contributed by atoms with Crippen LogP contribution >= 0.6 is 24.0 Å². The Morgan fingerprint density at radius 1 is 1.13 bits per heavy atom. The highest BCUT2D eigenvalue weighted by molar-refractivity contribution is 6.38. The van der Waals surface area contributed by atoms with Gasteiger partial charge in [-0.25, -0.2) is 22.6 Å². The summed E-state index contributed by atoms with van der Waals surface area (Å²) < 4.78 is 43.2. The summed E-state index contributed by atoms with van der Waals surface area (Å²) in [6.07, 6.45) is 0.601. The van der Waals surface area contributed by atoms with Gasteiger partial charge in [0.25, 0.3) is 5.56 Å². The first kappa shape index (κ1) is 22.8. The highest BCUT2D eigenvalue weighted by Crippen LogP contribution is 2.36. The van der Waals surface area contributed by atoms with Crippen molar-refractivity contribution in [3.8, 4) is 0 Å². The van der Waals surface area contributed by atoms with Gasteiger partial charge in [0.1, 0.15) is 17.2 Å². The summed E-state index contributed by atoms with van der Waals surface area (Å²) in [6.45, 7) is 0.738. The predicted molar refractivity (Wildman–Crippen MR) is 115 cm³/mol. The van der Waals surface area contributed by atoms with E-state index in [1.54, 1.807) is 4.90 Å². The molecule has 0 spiro atoms. The average Bonchev–Trinajstić information content (AvgIpc) is 3.11. The van der Waals surface area contributed by atoms with Crippen LogP contribution in [0.3, 0.4) is 0 Å². The largest absolute Gasteiger partial charge is 0.369 e. The molecule has 1 aromatic heterocycles. The van der Waals surface area contributed by atoms with Gasteiger partial charge >= 0.3 is 5.69 Å². The van der Waals surface area contributed by atoms with E-state index in [9.17, 15) is 22.8 Å². The molecule has 0 amide bonds. The van der Waals surface area contributed by atoms with Crippen molar-refractivity contribution in [1.29, 1.82) is 0 Å². The second kappa shape index (κ2) is 8.33. The second-order valence-corrected chi connectivity index (χ2v) is 7.32. The number of benzene rings is 2. The van der Waals surface area contributed by atoms with Crippen molar-refractivity contribution in [3.05, 3.63) is 67.6 Å². The quantitative estimate of drug-likeness (QED) is 0.497. The van der Waals surface area contributed by atoms with Crippen LogP contribution in [0.2, 0.25) is 5.02 Å². The fraction of sp³-hybridized carbons (Fsp3) is 0.222. The van der Waals surface area contributed by atoms with Crippen molar-refractivity contribution in [3.63, 3.8) is 0 Å². The van der Waals surface area contributed by atoms with Crippen molar-refractivity contribution in [2.75, 3.05) is 29.3 Å². The molecule has 1 atom stereocenters. The lowest BCUT2D eigenvalue weighted by molar-refractivity contribution is 0.583. The Labute approximate surface area is 184 Å². The SMILES string of the molecule is Cl.NC1CCN(c2c(F)cc3c(=O)n(N)c(=O)n(Nc4ccc(F)cc4F)c3c2Cl)C1. The monoisotopic (exact) mass is 476 g/mol. The van der Waals surface area contributed by atoms with Crippen LogP contribution in [0.25, 0.3) is 10.9 Å². The molecule has 31 heavy (non-hydrogen) atoms. The number of nitrogens with one attached hydrogen (secondary N) is 1. The molecule has 8 nitrogen and oxygen atoms in total. The molecule has 0 saturated carbocycles. The van der Waals surface area contributed by atoms with E-state index in [0.717, 1.165) is 18.2 Å². The molecule has 1 fully saturated rings. The molecule has 5 N–H and O–H groups in total. The highest BCUT2D eigenvalue weighted by atomic mass is 35.5.